The summed E-state index contributed by atoms with van der Waals surface area (Å²) in [4.78, 5) is 28.7. The van der Waals surface area contributed by atoms with Crippen LogP contribution < -0.4 is 14.8 Å². The summed E-state index contributed by atoms with van der Waals surface area (Å²) >= 11 is 0. The van der Waals surface area contributed by atoms with Gasteiger partial charge in [0, 0.05) is 19.5 Å². The summed E-state index contributed by atoms with van der Waals surface area (Å²) in [5.41, 5.74) is 2.89. The number of hydrogen-bond acceptors (Lipinski definition) is 4. The molecule has 1 N–H and O–H groups in total. The van der Waals surface area contributed by atoms with Crippen LogP contribution in [0.4, 0.5) is 0 Å². The van der Waals surface area contributed by atoms with Gasteiger partial charge in [-0.1, -0.05) is 68.4 Å². The minimum absolute atomic E-state index is 0.170. The van der Waals surface area contributed by atoms with E-state index in [2.05, 4.69) is 5.32 Å². The lowest BCUT2D eigenvalue weighted by molar-refractivity contribution is -0.142. The molecule has 0 saturated heterocycles. The third kappa shape index (κ3) is 8.15. The molecule has 0 radical (unpaired) electrons. The Morgan fingerprint density at radius 1 is 0.889 bits per heavy atom. The molecule has 0 spiro atoms. The molecule has 6 nitrogen and oxygen atoms in total. The first-order chi connectivity index (χ1) is 17.4. The van der Waals surface area contributed by atoms with E-state index in [-0.39, 0.29) is 25.0 Å². The van der Waals surface area contributed by atoms with E-state index in [9.17, 15) is 9.59 Å². The van der Waals surface area contributed by atoms with Crippen molar-refractivity contribution in [3.63, 3.8) is 0 Å². The highest BCUT2D eigenvalue weighted by Crippen LogP contribution is 2.19. The Labute approximate surface area is 214 Å². The maximum Gasteiger partial charge on any atom is 0.261 e. The number of benzene rings is 3. The van der Waals surface area contributed by atoms with E-state index < -0.39 is 6.04 Å². The fourth-order valence-electron chi connectivity index (χ4n) is 3.88. The monoisotopic (exact) mass is 488 g/mol. The molecule has 0 aliphatic heterocycles. The maximum absolute atomic E-state index is 13.6. The van der Waals surface area contributed by atoms with Gasteiger partial charge < -0.3 is 19.7 Å². The molecule has 0 aliphatic rings. The van der Waals surface area contributed by atoms with Crippen molar-refractivity contribution in [2.75, 3.05) is 20.3 Å². The van der Waals surface area contributed by atoms with Crippen molar-refractivity contribution >= 4 is 11.8 Å². The molecule has 0 fully saturated rings. The number of carbonyl (C=O) groups excluding carboxylic acids is 2. The fraction of sp³-hybridized carbons (Fsp3) is 0.333. The molecular formula is C30H36N2O4. The van der Waals surface area contributed by atoms with Gasteiger partial charge >= 0.3 is 0 Å². The summed E-state index contributed by atoms with van der Waals surface area (Å²) in [5.74, 6) is 1.16. The van der Waals surface area contributed by atoms with Gasteiger partial charge in [-0.2, -0.15) is 0 Å². The molecule has 0 aliphatic carbocycles. The molecule has 1 atom stereocenters. The van der Waals surface area contributed by atoms with E-state index in [4.69, 9.17) is 9.47 Å². The Hall–Kier alpha value is -3.80. The quantitative estimate of drug-likeness (QED) is 0.398. The fourth-order valence-corrected chi connectivity index (χ4v) is 3.88. The van der Waals surface area contributed by atoms with Crippen LogP contribution in [0.3, 0.4) is 0 Å². The van der Waals surface area contributed by atoms with Gasteiger partial charge in [0.25, 0.3) is 5.91 Å². The highest BCUT2D eigenvalue weighted by molar-refractivity contribution is 5.88. The zero-order valence-electron chi connectivity index (χ0n) is 21.6. The summed E-state index contributed by atoms with van der Waals surface area (Å²) in [6.07, 6.45) is 0.394. The predicted octanol–water partition coefficient (Wildman–Crippen LogP) is 4.79. The van der Waals surface area contributed by atoms with Crippen LogP contribution in [0.1, 0.15) is 30.5 Å². The Bertz CT molecular complexity index is 1130. The first-order valence-electron chi connectivity index (χ1n) is 12.3. The average molecular weight is 489 g/mol. The molecule has 0 aromatic heterocycles. The predicted molar refractivity (Wildman–Crippen MR) is 142 cm³/mol. The third-order valence-corrected chi connectivity index (χ3v) is 5.79. The number of amides is 2. The van der Waals surface area contributed by atoms with Gasteiger partial charge in [0.1, 0.15) is 17.5 Å². The lowest BCUT2D eigenvalue weighted by Gasteiger charge is -2.31. The van der Waals surface area contributed by atoms with Crippen molar-refractivity contribution in [2.45, 2.75) is 39.8 Å². The van der Waals surface area contributed by atoms with Crippen molar-refractivity contribution in [1.29, 1.82) is 0 Å². The third-order valence-electron chi connectivity index (χ3n) is 5.79. The number of nitrogens with one attached hydrogen (secondary N) is 1. The van der Waals surface area contributed by atoms with Gasteiger partial charge in [0.15, 0.2) is 6.61 Å². The van der Waals surface area contributed by atoms with Crippen LogP contribution in [0.2, 0.25) is 0 Å². The van der Waals surface area contributed by atoms with Gasteiger partial charge in [0.05, 0.1) is 7.11 Å². The second-order valence-corrected chi connectivity index (χ2v) is 9.32. The lowest BCUT2D eigenvalue weighted by Crippen LogP contribution is -2.52. The number of methoxy groups -OCH3 is 1. The summed E-state index contributed by atoms with van der Waals surface area (Å²) in [7, 11) is 1.61. The number of hydrogen-bond donors (Lipinski definition) is 1. The van der Waals surface area contributed by atoms with Gasteiger partial charge in [-0.15, -0.1) is 0 Å². The molecule has 0 bridgehead atoms. The standard InChI is InChI=1S/C30H36N2O4/c1-22(2)19-31-30(34)28(18-24-11-6-5-7-12-24)32(20-25-13-9-14-26(17-25)35-4)29(33)21-36-27-15-8-10-23(3)16-27/h5-17,22,28H,18-21H2,1-4H3,(H,31,34). The van der Waals surface area contributed by atoms with Crippen LogP contribution in [-0.2, 0) is 22.6 Å². The normalized spacial score (nSPS) is 11.6. The van der Waals surface area contributed by atoms with E-state index in [0.717, 1.165) is 16.7 Å². The highest BCUT2D eigenvalue weighted by atomic mass is 16.5. The maximum atomic E-state index is 13.6. The first-order valence-corrected chi connectivity index (χ1v) is 12.3. The number of aryl methyl sites for hydroxylation is 1. The van der Waals surface area contributed by atoms with Crippen LogP contribution in [-0.4, -0.2) is 43.0 Å². The second-order valence-electron chi connectivity index (χ2n) is 9.32. The summed E-state index contributed by atoms with van der Waals surface area (Å²) in [6, 6.07) is 24.2. The molecule has 3 aromatic carbocycles. The summed E-state index contributed by atoms with van der Waals surface area (Å²) in [6.45, 7) is 6.67. The zero-order valence-corrected chi connectivity index (χ0v) is 21.6. The largest absolute Gasteiger partial charge is 0.497 e. The number of ether oxygens (including phenoxy) is 2. The second kappa shape index (κ2) is 13.3. The SMILES string of the molecule is COc1cccc(CN(C(=O)COc2cccc(C)c2)C(Cc2ccccc2)C(=O)NCC(C)C)c1. The molecular weight excluding hydrogens is 452 g/mol. The Morgan fingerprint density at radius 2 is 1.58 bits per heavy atom. The van der Waals surface area contributed by atoms with Gasteiger partial charge in [-0.25, -0.2) is 0 Å². The van der Waals surface area contributed by atoms with Gasteiger partial charge in [0.2, 0.25) is 5.91 Å². The smallest absolute Gasteiger partial charge is 0.261 e. The van der Waals surface area contributed by atoms with Crippen LogP contribution >= 0.6 is 0 Å². The topological polar surface area (TPSA) is 67.9 Å². The molecule has 36 heavy (non-hydrogen) atoms. The molecule has 3 aromatic rings. The molecule has 0 heterocycles. The molecule has 190 valence electrons. The first kappa shape index (κ1) is 26.8. The molecule has 3 rings (SSSR count). The van der Waals surface area contributed by atoms with E-state index in [0.29, 0.717) is 30.4 Å². The Kier molecular flexibility index (Phi) is 9.92. The van der Waals surface area contributed by atoms with E-state index in [1.54, 1.807) is 12.0 Å². The van der Waals surface area contributed by atoms with Crippen molar-refractivity contribution in [1.82, 2.24) is 10.2 Å². The van der Waals surface area contributed by atoms with Crippen molar-refractivity contribution in [3.05, 3.63) is 95.6 Å². The van der Waals surface area contributed by atoms with Crippen LogP contribution in [0.5, 0.6) is 11.5 Å². The zero-order chi connectivity index (χ0) is 25.9. The minimum atomic E-state index is -0.703. The number of rotatable bonds is 12. The highest BCUT2D eigenvalue weighted by Gasteiger charge is 2.30. The lowest BCUT2D eigenvalue weighted by atomic mass is 10.0. The van der Waals surface area contributed by atoms with E-state index >= 15 is 0 Å². The molecule has 1 unspecified atom stereocenters. The van der Waals surface area contributed by atoms with Crippen LogP contribution in [0, 0.1) is 12.8 Å². The Morgan fingerprint density at radius 3 is 2.28 bits per heavy atom. The van der Waals surface area contributed by atoms with Crippen LogP contribution in [0.25, 0.3) is 0 Å². The van der Waals surface area contributed by atoms with Crippen molar-refractivity contribution in [3.8, 4) is 11.5 Å². The van der Waals surface area contributed by atoms with E-state index in [1.807, 2.05) is 99.6 Å². The van der Waals surface area contributed by atoms with Crippen molar-refractivity contribution < 1.29 is 19.1 Å². The molecule has 0 saturated carbocycles. The molecule has 2 amide bonds. The van der Waals surface area contributed by atoms with Crippen LogP contribution in [0.15, 0.2) is 78.9 Å². The number of carbonyl (C=O) groups is 2. The van der Waals surface area contributed by atoms with E-state index in [1.165, 1.54) is 0 Å². The summed E-state index contributed by atoms with van der Waals surface area (Å²) < 4.78 is 11.2. The van der Waals surface area contributed by atoms with Gasteiger partial charge in [-0.3, -0.25) is 9.59 Å². The number of nitrogens with zero attached hydrogens (tertiary/aromatic N) is 1. The summed E-state index contributed by atoms with van der Waals surface area (Å²) in [5, 5.41) is 3.03. The van der Waals surface area contributed by atoms with Gasteiger partial charge in [-0.05, 0) is 53.8 Å². The molecule has 6 heteroatoms. The minimum Gasteiger partial charge on any atom is -0.497 e. The average Bonchev–Trinajstić information content (AvgIpc) is 2.88. The van der Waals surface area contributed by atoms with Crippen molar-refractivity contribution in [2.24, 2.45) is 5.92 Å². The Balaban J connectivity index is 1.91.